The lowest BCUT2D eigenvalue weighted by molar-refractivity contribution is 1.06. The van der Waals surface area contributed by atoms with E-state index in [0.29, 0.717) is 17.5 Å². The molecule has 7 aromatic carbocycles. The van der Waals surface area contributed by atoms with E-state index in [2.05, 4.69) is 144 Å². The average molecular weight is 654 g/mol. The predicted molar refractivity (Wildman–Crippen MR) is 210 cm³/mol. The molecule has 0 radical (unpaired) electrons. The van der Waals surface area contributed by atoms with Gasteiger partial charge >= 0.3 is 0 Å². The van der Waals surface area contributed by atoms with E-state index in [4.69, 9.17) is 15.0 Å². The molecule has 0 amide bonds. The summed E-state index contributed by atoms with van der Waals surface area (Å²) < 4.78 is 2.37. The van der Waals surface area contributed by atoms with Crippen molar-refractivity contribution >= 4 is 43.6 Å². The second-order valence-electron chi connectivity index (χ2n) is 13.0. The summed E-state index contributed by atoms with van der Waals surface area (Å²) >= 11 is 0. The van der Waals surface area contributed by atoms with E-state index in [1.165, 1.54) is 27.1 Å². The number of fused-ring (bicyclic) bond motifs is 6. The Morgan fingerprint density at radius 2 is 1.06 bits per heavy atom. The first-order valence-corrected chi connectivity index (χ1v) is 17.2. The summed E-state index contributed by atoms with van der Waals surface area (Å²) in [4.78, 5) is 19.2. The normalized spacial score (nSPS) is 11.6. The van der Waals surface area contributed by atoms with E-state index in [1.807, 2.05) is 36.4 Å². The molecule has 0 unspecified atom stereocenters. The van der Waals surface area contributed by atoms with E-state index < -0.39 is 0 Å². The number of hydrogen-bond donors (Lipinski definition) is 1. The Morgan fingerprint density at radius 1 is 0.431 bits per heavy atom. The van der Waals surface area contributed by atoms with Crippen molar-refractivity contribution in [2.75, 3.05) is 0 Å². The van der Waals surface area contributed by atoms with Crippen molar-refractivity contribution in [1.82, 2.24) is 24.5 Å². The molecule has 0 aliphatic heterocycles. The summed E-state index contributed by atoms with van der Waals surface area (Å²) in [6.07, 6.45) is 0. The van der Waals surface area contributed by atoms with Gasteiger partial charge in [-0.2, -0.15) is 0 Å². The van der Waals surface area contributed by atoms with Crippen molar-refractivity contribution < 1.29 is 0 Å². The lowest BCUT2D eigenvalue weighted by atomic mass is 9.98. The fraction of sp³-hybridized carbons (Fsp3) is 0.0217. The van der Waals surface area contributed by atoms with Crippen molar-refractivity contribution in [3.8, 4) is 51.0 Å². The summed E-state index contributed by atoms with van der Waals surface area (Å²) in [6.45, 7) is 2.15. The van der Waals surface area contributed by atoms with Gasteiger partial charge in [-0.3, -0.25) is 0 Å². The van der Waals surface area contributed by atoms with Crippen LogP contribution in [0.3, 0.4) is 0 Å². The maximum absolute atomic E-state index is 5.24. The summed E-state index contributed by atoms with van der Waals surface area (Å²) in [7, 11) is 0. The molecule has 0 fully saturated rings. The van der Waals surface area contributed by atoms with Gasteiger partial charge < -0.3 is 9.55 Å². The third-order valence-corrected chi connectivity index (χ3v) is 9.86. The molecule has 51 heavy (non-hydrogen) atoms. The smallest absolute Gasteiger partial charge is 0.166 e. The lowest BCUT2D eigenvalue weighted by Gasteiger charge is -2.16. The molecule has 0 saturated carbocycles. The molecule has 0 bridgehead atoms. The van der Waals surface area contributed by atoms with E-state index in [1.54, 1.807) is 0 Å². The fourth-order valence-electron chi connectivity index (χ4n) is 7.46. The molecule has 240 valence electrons. The predicted octanol–water partition coefficient (Wildman–Crippen LogP) is 11.6. The lowest BCUT2D eigenvalue weighted by Crippen LogP contribution is -2.04. The standard InChI is InChI=1S/C46H31N5/c1-29-23-25-36-35-18-9-11-22-40(35)51(42(36)27-29)41-26-24-32(33-19-12-20-37-34-17-8-10-21-39(34)47-43(33)37)28-38(41)46-49-44(30-13-4-2-5-14-30)48-45(50-46)31-15-6-3-7-16-31/h2-28,47H,1H3. The number of aromatic amines is 1. The van der Waals surface area contributed by atoms with Crippen molar-refractivity contribution in [3.05, 3.63) is 169 Å². The number of para-hydroxylation sites is 3. The zero-order valence-corrected chi connectivity index (χ0v) is 27.9. The minimum atomic E-state index is 0.613. The molecule has 10 aromatic rings. The van der Waals surface area contributed by atoms with Gasteiger partial charge in [0.2, 0.25) is 0 Å². The number of aryl methyl sites for hydroxylation is 1. The van der Waals surface area contributed by atoms with E-state index in [0.717, 1.165) is 55.6 Å². The van der Waals surface area contributed by atoms with E-state index in [-0.39, 0.29) is 0 Å². The first kappa shape index (κ1) is 29.1. The number of benzene rings is 7. The van der Waals surface area contributed by atoms with Crippen molar-refractivity contribution in [2.45, 2.75) is 6.92 Å². The van der Waals surface area contributed by atoms with Gasteiger partial charge in [0.05, 0.1) is 22.2 Å². The third-order valence-electron chi connectivity index (χ3n) is 9.86. The van der Waals surface area contributed by atoms with Crippen LogP contribution < -0.4 is 0 Å². The molecule has 0 aliphatic carbocycles. The summed E-state index contributed by atoms with van der Waals surface area (Å²) in [5.41, 5.74) is 11.7. The zero-order valence-electron chi connectivity index (χ0n) is 27.9. The Hall–Kier alpha value is -6.85. The van der Waals surface area contributed by atoms with Gasteiger partial charge in [-0.25, -0.2) is 15.0 Å². The molecule has 10 rings (SSSR count). The molecule has 0 aliphatic rings. The summed E-state index contributed by atoms with van der Waals surface area (Å²) in [5.74, 6) is 1.88. The van der Waals surface area contributed by atoms with Crippen LogP contribution in [-0.2, 0) is 0 Å². The Morgan fingerprint density at radius 3 is 1.82 bits per heavy atom. The van der Waals surface area contributed by atoms with Crippen LogP contribution in [0.4, 0.5) is 0 Å². The van der Waals surface area contributed by atoms with Gasteiger partial charge in [-0.15, -0.1) is 0 Å². The van der Waals surface area contributed by atoms with Gasteiger partial charge in [0.1, 0.15) is 0 Å². The van der Waals surface area contributed by atoms with Gasteiger partial charge in [-0.05, 0) is 48.4 Å². The van der Waals surface area contributed by atoms with Crippen molar-refractivity contribution in [1.29, 1.82) is 0 Å². The maximum atomic E-state index is 5.24. The highest BCUT2D eigenvalue weighted by Gasteiger charge is 2.21. The molecule has 5 nitrogen and oxygen atoms in total. The Kier molecular flexibility index (Phi) is 6.64. The third kappa shape index (κ3) is 4.82. The summed E-state index contributed by atoms with van der Waals surface area (Å²) in [5, 5.41) is 4.82. The van der Waals surface area contributed by atoms with Crippen LogP contribution in [0.15, 0.2) is 164 Å². The van der Waals surface area contributed by atoms with Crippen LogP contribution >= 0.6 is 0 Å². The molecule has 1 N–H and O–H groups in total. The van der Waals surface area contributed by atoms with Crippen LogP contribution in [0.1, 0.15) is 5.56 Å². The minimum absolute atomic E-state index is 0.613. The van der Waals surface area contributed by atoms with Crippen LogP contribution in [0, 0.1) is 6.92 Å². The van der Waals surface area contributed by atoms with Crippen LogP contribution in [0.25, 0.3) is 94.6 Å². The Balaban J connectivity index is 1.30. The summed E-state index contributed by atoms with van der Waals surface area (Å²) in [6, 6.07) is 57.4. The molecule has 3 heterocycles. The Labute approximate surface area is 294 Å². The second-order valence-corrected chi connectivity index (χ2v) is 13.0. The van der Waals surface area contributed by atoms with Gasteiger partial charge in [-0.1, -0.05) is 133 Å². The number of rotatable bonds is 5. The monoisotopic (exact) mass is 653 g/mol. The molecule has 0 atom stereocenters. The molecule has 5 heteroatoms. The second kappa shape index (κ2) is 11.6. The number of nitrogens with one attached hydrogen (secondary N) is 1. The topological polar surface area (TPSA) is 59.4 Å². The first-order valence-electron chi connectivity index (χ1n) is 17.2. The Bertz CT molecular complexity index is 2860. The molecular formula is C46H31N5. The quantitative estimate of drug-likeness (QED) is 0.201. The fourth-order valence-corrected chi connectivity index (χ4v) is 7.46. The van der Waals surface area contributed by atoms with Gasteiger partial charge in [0, 0.05) is 49.3 Å². The number of H-pyrrole nitrogens is 1. The highest BCUT2D eigenvalue weighted by molar-refractivity contribution is 6.12. The number of hydrogen-bond acceptors (Lipinski definition) is 3. The first-order chi connectivity index (χ1) is 25.2. The zero-order chi connectivity index (χ0) is 33.9. The number of nitrogens with zero attached hydrogens (tertiary/aromatic N) is 4. The molecule has 0 spiro atoms. The van der Waals surface area contributed by atoms with Gasteiger partial charge in [0.25, 0.3) is 0 Å². The maximum Gasteiger partial charge on any atom is 0.166 e. The van der Waals surface area contributed by atoms with Crippen molar-refractivity contribution in [3.63, 3.8) is 0 Å². The van der Waals surface area contributed by atoms with Crippen molar-refractivity contribution in [2.24, 2.45) is 0 Å². The van der Waals surface area contributed by atoms with Crippen LogP contribution in [0.2, 0.25) is 0 Å². The highest BCUT2D eigenvalue weighted by Crippen LogP contribution is 2.40. The average Bonchev–Trinajstić information content (AvgIpc) is 3.73. The SMILES string of the molecule is Cc1ccc2c3ccccc3n(-c3ccc(-c4cccc5c4[nH]c4ccccc45)cc3-c3nc(-c4ccccc4)nc(-c4ccccc4)n3)c2c1. The van der Waals surface area contributed by atoms with Crippen LogP contribution in [-0.4, -0.2) is 24.5 Å². The van der Waals surface area contributed by atoms with E-state index in [9.17, 15) is 0 Å². The molecular weight excluding hydrogens is 623 g/mol. The highest BCUT2D eigenvalue weighted by atomic mass is 15.1. The minimum Gasteiger partial charge on any atom is -0.354 e. The van der Waals surface area contributed by atoms with Crippen LogP contribution in [0.5, 0.6) is 0 Å². The number of aromatic nitrogens is 5. The largest absolute Gasteiger partial charge is 0.354 e. The van der Waals surface area contributed by atoms with E-state index >= 15 is 0 Å². The molecule has 3 aromatic heterocycles. The molecule has 0 saturated heterocycles. The van der Waals surface area contributed by atoms with Gasteiger partial charge in [0.15, 0.2) is 17.5 Å².